The second kappa shape index (κ2) is 8.20. The maximum Gasteiger partial charge on any atom is 0.228 e. The van der Waals surface area contributed by atoms with Crippen molar-refractivity contribution < 1.29 is 9.59 Å². The molecule has 2 aromatic rings. The normalized spacial score (nSPS) is 15.1. The Labute approximate surface area is 151 Å². The van der Waals surface area contributed by atoms with Crippen LogP contribution in [0.4, 0.5) is 0 Å². The summed E-state index contributed by atoms with van der Waals surface area (Å²) in [6.45, 7) is 4.50. The summed E-state index contributed by atoms with van der Waals surface area (Å²) in [4.78, 5) is 37.1. The van der Waals surface area contributed by atoms with Crippen LogP contribution < -0.4 is 0 Å². The van der Waals surface area contributed by atoms with Gasteiger partial charge in [0.05, 0.1) is 23.5 Å². The van der Waals surface area contributed by atoms with Gasteiger partial charge in [0.15, 0.2) is 0 Å². The molecular formula is C18H22N4O2S. The molecule has 1 aliphatic heterocycles. The van der Waals surface area contributed by atoms with Crippen LogP contribution in [0.2, 0.25) is 0 Å². The number of hydrogen-bond acceptors (Lipinski definition) is 5. The Morgan fingerprint density at radius 1 is 1.12 bits per heavy atom. The summed E-state index contributed by atoms with van der Waals surface area (Å²) in [5.74, 6) is 0.185. The Bertz CT molecular complexity index is 732. The first-order valence-electron chi connectivity index (χ1n) is 8.47. The molecule has 25 heavy (non-hydrogen) atoms. The summed E-state index contributed by atoms with van der Waals surface area (Å²) in [6, 6.07) is 3.75. The maximum absolute atomic E-state index is 12.5. The Morgan fingerprint density at radius 3 is 2.44 bits per heavy atom. The molecule has 7 heteroatoms. The second-order valence-corrected chi connectivity index (χ2v) is 7.25. The Balaban J connectivity index is 1.53. The van der Waals surface area contributed by atoms with Gasteiger partial charge < -0.3 is 9.80 Å². The average molecular weight is 358 g/mol. The highest BCUT2D eigenvalue weighted by Crippen LogP contribution is 2.12. The Hall–Kier alpha value is -2.28. The largest absolute Gasteiger partial charge is 0.341 e. The van der Waals surface area contributed by atoms with Crippen LogP contribution in [0.25, 0.3) is 0 Å². The quantitative estimate of drug-likeness (QED) is 0.834. The maximum atomic E-state index is 12.5. The monoisotopic (exact) mass is 358 g/mol. The lowest BCUT2D eigenvalue weighted by atomic mass is 10.2. The molecule has 0 unspecified atom stereocenters. The molecule has 3 rings (SSSR count). The second-order valence-electron chi connectivity index (χ2n) is 6.19. The van der Waals surface area contributed by atoms with Crippen molar-refractivity contribution in [1.29, 1.82) is 0 Å². The lowest BCUT2D eigenvalue weighted by Gasteiger charge is -2.22. The summed E-state index contributed by atoms with van der Waals surface area (Å²) < 4.78 is 0. The number of rotatable bonds is 4. The van der Waals surface area contributed by atoms with Crippen LogP contribution >= 0.6 is 11.3 Å². The fourth-order valence-corrected chi connectivity index (χ4v) is 3.57. The van der Waals surface area contributed by atoms with Crippen LogP contribution in [0.5, 0.6) is 0 Å². The first-order valence-corrected chi connectivity index (χ1v) is 9.35. The van der Waals surface area contributed by atoms with E-state index in [1.807, 2.05) is 34.2 Å². The summed E-state index contributed by atoms with van der Waals surface area (Å²) in [5.41, 5.74) is 1.75. The summed E-state index contributed by atoms with van der Waals surface area (Å²) in [5, 5.41) is 2.92. The predicted molar refractivity (Wildman–Crippen MR) is 96.3 cm³/mol. The minimum absolute atomic E-state index is 0.0897. The first-order chi connectivity index (χ1) is 12.1. The number of nitrogens with zero attached hydrogens (tertiary/aromatic N) is 4. The van der Waals surface area contributed by atoms with Gasteiger partial charge in [0.1, 0.15) is 0 Å². The Morgan fingerprint density at radius 2 is 1.84 bits per heavy atom. The van der Waals surface area contributed by atoms with Gasteiger partial charge in [-0.1, -0.05) is 6.07 Å². The third-order valence-corrected chi connectivity index (χ3v) is 5.10. The molecule has 0 N–H and O–H groups in total. The van der Waals surface area contributed by atoms with Gasteiger partial charge in [0.2, 0.25) is 11.8 Å². The van der Waals surface area contributed by atoms with E-state index in [0.717, 1.165) is 22.7 Å². The van der Waals surface area contributed by atoms with Crippen molar-refractivity contribution in [2.24, 2.45) is 0 Å². The third-order valence-electron chi connectivity index (χ3n) is 4.28. The molecule has 132 valence electrons. The van der Waals surface area contributed by atoms with E-state index < -0.39 is 0 Å². The first kappa shape index (κ1) is 17.5. The number of pyridine rings is 1. The molecule has 0 bridgehead atoms. The highest BCUT2D eigenvalue weighted by atomic mass is 32.1. The molecule has 0 atom stereocenters. The smallest absolute Gasteiger partial charge is 0.228 e. The van der Waals surface area contributed by atoms with Crippen LogP contribution in [0, 0.1) is 6.92 Å². The van der Waals surface area contributed by atoms with Gasteiger partial charge in [-0.25, -0.2) is 4.98 Å². The molecule has 0 saturated carbocycles. The van der Waals surface area contributed by atoms with Crippen molar-refractivity contribution in [1.82, 2.24) is 19.8 Å². The zero-order valence-electron chi connectivity index (χ0n) is 14.4. The van der Waals surface area contributed by atoms with Crippen molar-refractivity contribution in [3.8, 4) is 0 Å². The number of carbonyl (C=O) groups excluding carboxylic acids is 2. The number of thiazole rings is 1. The van der Waals surface area contributed by atoms with E-state index in [9.17, 15) is 9.59 Å². The molecule has 0 radical (unpaired) electrons. The minimum Gasteiger partial charge on any atom is -0.341 e. The Kier molecular flexibility index (Phi) is 5.75. The highest BCUT2D eigenvalue weighted by Gasteiger charge is 2.22. The molecule has 1 saturated heterocycles. The summed E-state index contributed by atoms with van der Waals surface area (Å²) in [7, 11) is 0. The molecule has 0 spiro atoms. The molecule has 2 amide bonds. The number of aromatic nitrogens is 2. The van der Waals surface area contributed by atoms with E-state index in [1.165, 1.54) is 0 Å². The number of amides is 2. The van der Waals surface area contributed by atoms with Gasteiger partial charge in [-0.2, -0.15) is 0 Å². The molecule has 1 fully saturated rings. The fraction of sp³-hybridized carbons (Fsp3) is 0.444. The third kappa shape index (κ3) is 4.85. The van der Waals surface area contributed by atoms with Gasteiger partial charge in [-0.15, -0.1) is 11.3 Å². The topological polar surface area (TPSA) is 66.4 Å². The van der Waals surface area contributed by atoms with Gasteiger partial charge in [0.25, 0.3) is 0 Å². The summed E-state index contributed by atoms with van der Waals surface area (Å²) >= 11 is 1.56. The molecule has 0 aromatic carbocycles. The van der Waals surface area contributed by atoms with Crippen molar-refractivity contribution in [3.63, 3.8) is 0 Å². The number of aryl methyl sites for hydroxylation is 1. The number of carbonyl (C=O) groups is 2. The van der Waals surface area contributed by atoms with Crippen molar-refractivity contribution in [2.45, 2.75) is 26.2 Å². The van der Waals surface area contributed by atoms with Crippen LogP contribution in [-0.4, -0.2) is 57.8 Å². The van der Waals surface area contributed by atoms with E-state index in [4.69, 9.17) is 0 Å². The van der Waals surface area contributed by atoms with Gasteiger partial charge >= 0.3 is 0 Å². The van der Waals surface area contributed by atoms with Gasteiger partial charge in [-0.05, 0) is 25.0 Å². The van der Waals surface area contributed by atoms with Crippen molar-refractivity contribution >= 4 is 23.2 Å². The fourth-order valence-electron chi connectivity index (χ4n) is 2.96. The minimum atomic E-state index is 0.0897. The van der Waals surface area contributed by atoms with E-state index in [0.29, 0.717) is 39.0 Å². The lowest BCUT2D eigenvalue weighted by Crippen LogP contribution is -2.38. The van der Waals surface area contributed by atoms with Crippen LogP contribution in [-0.2, 0) is 22.4 Å². The molecule has 3 heterocycles. The van der Waals surface area contributed by atoms with Crippen molar-refractivity contribution in [2.75, 3.05) is 26.2 Å². The molecule has 2 aromatic heterocycles. The van der Waals surface area contributed by atoms with Gasteiger partial charge in [-0.3, -0.25) is 14.6 Å². The highest BCUT2D eigenvalue weighted by molar-refractivity contribution is 7.09. The van der Waals surface area contributed by atoms with Gasteiger partial charge in [0, 0.05) is 44.0 Å². The van der Waals surface area contributed by atoms with E-state index in [-0.39, 0.29) is 11.8 Å². The van der Waals surface area contributed by atoms with E-state index in [2.05, 4.69) is 9.97 Å². The molecule has 1 aliphatic rings. The number of hydrogen-bond donors (Lipinski definition) is 0. The standard InChI is InChI=1S/C18H22N4O2S/c1-14-20-16(13-25-14)11-18(24)22-7-3-6-21(8-9-22)17(23)10-15-4-2-5-19-12-15/h2,4-5,12-13H,3,6-11H2,1H3. The average Bonchev–Trinajstić information content (AvgIpc) is 2.86. The summed E-state index contributed by atoms with van der Waals surface area (Å²) in [6.07, 6.45) is 4.93. The predicted octanol–water partition coefficient (Wildman–Crippen LogP) is 1.69. The zero-order chi connectivity index (χ0) is 17.6. The molecular weight excluding hydrogens is 336 g/mol. The lowest BCUT2D eigenvalue weighted by molar-refractivity contribution is -0.132. The van der Waals surface area contributed by atoms with Crippen molar-refractivity contribution in [3.05, 3.63) is 46.2 Å². The SMILES string of the molecule is Cc1nc(CC(=O)N2CCCN(C(=O)Cc3cccnc3)CC2)cs1. The van der Waals surface area contributed by atoms with Crippen LogP contribution in [0.1, 0.15) is 22.7 Å². The van der Waals surface area contributed by atoms with E-state index in [1.54, 1.807) is 23.7 Å². The van der Waals surface area contributed by atoms with E-state index >= 15 is 0 Å². The van der Waals surface area contributed by atoms with Crippen LogP contribution in [0.15, 0.2) is 29.9 Å². The zero-order valence-corrected chi connectivity index (χ0v) is 15.2. The molecule has 0 aliphatic carbocycles. The molecule has 6 nitrogen and oxygen atoms in total. The van der Waals surface area contributed by atoms with Crippen LogP contribution in [0.3, 0.4) is 0 Å².